The van der Waals surface area contributed by atoms with Crippen molar-refractivity contribution in [3.63, 3.8) is 0 Å². The van der Waals surface area contributed by atoms with Crippen molar-refractivity contribution in [3.8, 4) is 0 Å². The van der Waals surface area contributed by atoms with Crippen molar-refractivity contribution in [2.75, 3.05) is 0 Å². The van der Waals surface area contributed by atoms with E-state index in [0.29, 0.717) is 0 Å². The third-order valence-corrected chi connectivity index (χ3v) is 4.22. The molecule has 62 valence electrons. The highest BCUT2D eigenvalue weighted by molar-refractivity contribution is 9.13. The van der Waals surface area contributed by atoms with Gasteiger partial charge in [-0.2, -0.15) is 5.10 Å². The van der Waals surface area contributed by atoms with Crippen molar-refractivity contribution in [1.82, 2.24) is 10.2 Å². The van der Waals surface area contributed by atoms with Gasteiger partial charge in [-0.1, -0.05) is 0 Å². The standard InChI is InChI=1S/C7H3Br3N2/c8-4-1-5(9)7-3(6(4)10)2-11-12-7/h1-2H,(H,11,12). The monoisotopic (exact) mass is 352 g/mol. The molecule has 0 amide bonds. The van der Waals surface area contributed by atoms with E-state index in [4.69, 9.17) is 0 Å². The third kappa shape index (κ3) is 1.24. The largest absolute Gasteiger partial charge is 0.277 e. The van der Waals surface area contributed by atoms with Crippen molar-refractivity contribution in [1.29, 1.82) is 0 Å². The number of H-pyrrole nitrogens is 1. The highest BCUT2D eigenvalue weighted by Crippen LogP contribution is 2.34. The molecule has 0 aliphatic heterocycles. The van der Waals surface area contributed by atoms with Gasteiger partial charge in [-0.25, -0.2) is 0 Å². The summed E-state index contributed by atoms with van der Waals surface area (Å²) in [5.74, 6) is 0. The Kier molecular flexibility index (Phi) is 2.27. The minimum atomic E-state index is 1.00. The maximum Gasteiger partial charge on any atom is 0.0804 e. The molecular weight excluding hydrogens is 352 g/mol. The number of benzene rings is 1. The number of rotatable bonds is 0. The zero-order chi connectivity index (χ0) is 8.72. The highest BCUT2D eigenvalue weighted by Gasteiger charge is 2.07. The maximum atomic E-state index is 3.96. The highest BCUT2D eigenvalue weighted by atomic mass is 79.9. The molecule has 1 N–H and O–H groups in total. The molecule has 0 spiro atoms. The summed E-state index contributed by atoms with van der Waals surface area (Å²) in [7, 11) is 0. The van der Waals surface area contributed by atoms with Crippen LogP contribution in [0.15, 0.2) is 25.7 Å². The molecule has 0 saturated carbocycles. The van der Waals surface area contributed by atoms with Crippen molar-refractivity contribution < 1.29 is 0 Å². The van der Waals surface area contributed by atoms with E-state index in [-0.39, 0.29) is 0 Å². The van der Waals surface area contributed by atoms with Gasteiger partial charge in [0.05, 0.1) is 11.7 Å². The summed E-state index contributed by atoms with van der Waals surface area (Å²) in [4.78, 5) is 0. The first-order valence-electron chi connectivity index (χ1n) is 3.16. The van der Waals surface area contributed by atoms with E-state index in [0.717, 1.165) is 24.3 Å². The summed E-state index contributed by atoms with van der Waals surface area (Å²) in [6.07, 6.45) is 1.79. The van der Waals surface area contributed by atoms with Gasteiger partial charge in [0.15, 0.2) is 0 Å². The average molecular weight is 355 g/mol. The van der Waals surface area contributed by atoms with Crippen molar-refractivity contribution in [2.24, 2.45) is 0 Å². The number of halogens is 3. The van der Waals surface area contributed by atoms with Gasteiger partial charge < -0.3 is 0 Å². The van der Waals surface area contributed by atoms with E-state index in [1.54, 1.807) is 6.20 Å². The number of aromatic amines is 1. The number of fused-ring (bicyclic) bond motifs is 1. The van der Waals surface area contributed by atoms with Crippen molar-refractivity contribution in [3.05, 3.63) is 25.7 Å². The van der Waals surface area contributed by atoms with Crippen molar-refractivity contribution in [2.45, 2.75) is 0 Å². The van der Waals surface area contributed by atoms with Crippen LogP contribution in [0, 0.1) is 0 Å². The molecule has 0 aliphatic rings. The maximum absolute atomic E-state index is 3.96. The Labute approximate surface area is 94.1 Å². The summed E-state index contributed by atoms with van der Waals surface area (Å²) in [5.41, 5.74) is 1.00. The zero-order valence-corrected chi connectivity index (χ0v) is 10.5. The molecule has 1 aromatic carbocycles. The number of aromatic nitrogens is 2. The topological polar surface area (TPSA) is 28.7 Å². The molecule has 12 heavy (non-hydrogen) atoms. The smallest absolute Gasteiger partial charge is 0.0804 e. The Morgan fingerprint density at radius 2 is 1.92 bits per heavy atom. The van der Waals surface area contributed by atoms with Crippen LogP contribution in [0.5, 0.6) is 0 Å². The minimum absolute atomic E-state index is 1.00. The Morgan fingerprint density at radius 3 is 2.67 bits per heavy atom. The fourth-order valence-corrected chi connectivity index (χ4v) is 2.71. The Hall–Kier alpha value is 0.130. The molecule has 0 bridgehead atoms. The number of nitrogens with zero attached hydrogens (tertiary/aromatic N) is 1. The lowest BCUT2D eigenvalue weighted by molar-refractivity contribution is 1.12. The second-order valence-electron chi connectivity index (χ2n) is 2.31. The normalized spacial score (nSPS) is 10.9. The van der Waals surface area contributed by atoms with Gasteiger partial charge in [0.2, 0.25) is 0 Å². The summed E-state index contributed by atoms with van der Waals surface area (Å²) in [6.45, 7) is 0. The molecule has 5 heteroatoms. The molecular formula is C7H3Br3N2. The van der Waals surface area contributed by atoms with Crippen molar-refractivity contribution >= 4 is 58.7 Å². The molecule has 0 fully saturated rings. The quantitative estimate of drug-likeness (QED) is 0.715. The minimum Gasteiger partial charge on any atom is -0.277 e. The SMILES string of the molecule is Brc1cc(Br)c2[nH]ncc2c1Br. The fourth-order valence-electron chi connectivity index (χ4n) is 1.01. The van der Waals surface area contributed by atoms with E-state index in [1.165, 1.54) is 0 Å². The molecule has 1 heterocycles. The number of hydrogen-bond donors (Lipinski definition) is 1. The molecule has 0 saturated heterocycles. The molecule has 2 nitrogen and oxygen atoms in total. The molecule has 2 rings (SSSR count). The van der Waals surface area contributed by atoms with Gasteiger partial charge >= 0.3 is 0 Å². The second kappa shape index (κ2) is 3.12. The number of nitrogens with one attached hydrogen (secondary N) is 1. The Morgan fingerprint density at radius 1 is 1.17 bits per heavy atom. The van der Waals surface area contributed by atoms with Gasteiger partial charge in [-0.05, 0) is 53.9 Å². The Balaban J connectivity index is 2.97. The lowest BCUT2D eigenvalue weighted by Gasteiger charge is -1.99. The molecule has 0 unspecified atom stereocenters. The zero-order valence-electron chi connectivity index (χ0n) is 5.74. The third-order valence-electron chi connectivity index (χ3n) is 1.58. The van der Waals surface area contributed by atoms with Gasteiger partial charge in [0.1, 0.15) is 0 Å². The molecule has 2 aromatic rings. The van der Waals surface area contributed by atoms with Gasteiger partial charge in [-0.3, -0.25) is 5.10 Å². The van der Waals surface area contributed by atoms with E-state index in [2.05, 4.69) is 58.0 Å². The van der Waals surface area contributed by atoms with Crippen LogP contribution >= 0.6 is 47.8 Å². The first-order chi connectivity index (χ1) is 5.70. The molecule has 0 aliphatic carbocycles. The van der Waals surface area contributed by atoms with E-state index >= 15 is 0 Å². The summed E-state index contributed by atoms with van der Waals surface area (Å²) < 4.78 is 3.04. The predicted octanol–water partition coefficient (Wildman–Crippen LogP) is 3.85. The van der Waals surface area contributed by atoms with Crippen LogP contribution in [0.1, 0.15) is 0 Å². The molecule has 0 radical (unpaired) electrons. The van der Waals surface area contributed by atoms with Gasteiger partial charge in [0, 0.05) is 18.8 Å². The number of hydrogen-bond acceptors (Lipinski definition) is 1. The van der Waals surface area contributed by atoms with Crippen LogP contribution in [0.3, 0.4) is 0 Å². The van der Waals surface area contributed by atoms with E-state index in [1.807, 2.05) is 6.07 Å². The van der Waals surface area contributed by atoms with Crippen LogP contribution in [0.4, 0.5) is 0 Å². The van der Waals surface area contributed by atoms with Crippen LogP contribution in [-0.2, 0) is 0 Å². The first kappa shape index (κ1) is 8.72. The van der Waals surface area contributed by atoms with E-state index in [9.17, 15) is 0 Å². The second-order valence-corrected chi connectivity index (χ2v) is 4.81. The predicted molar refractivity (Wildman–Crippen MR) is 59.2 cm³/mol. The van der Waals surface area contributed by atoms with Gasteiger partial charge in [0.25, 0.3) is 0 Å². The Bertz CT molecular complexity index is 435. The molecule has 0 atom stereocenters. The lowest BCUT2D eigenvalue weighted by atomic mass is 10.3. The average Bonchev–Trinajstić information content (AvgIpc) is 2.48. The van der Waals surface area contributed by atoms with E-state index < -0.39 is 0 Å². The van der Waals surface area contributed by atoms with Crippen LogP contribution in [0.25, 0.3) is 10.9 Å². The van der Waals surface area contributed by atoms with Crippen LogP contribution < -0.4 is 0 Å². The lowest BCUT2D eigenvalue weighted by Crippen LogP contribution is -1.75. The fraction of sp³-hybridized carbons (Fsp3) is 0. The first-order valence-corrected chi connectivity index (χ1v) is 5.54. The van der Waals surface area contributed by atoms with Crippen LogP contribution in [0.2, 0.25) is 0 Å². The summed E-state index contributed by atoms with van der Waals surface area (Å²) >= 11 is 10.3. The summed E-state index contributed by atoms with van der Waals surface area (Å²) in [6, 6.07) is 1.98. The van der Waals surface area contributed by atoms with Crippen LogP contribution in [-0.4, -0.2) is 10.2 Å². The van der Waals surface area contributed by atoms with Gasteiger partial charge in [-0.15, -0.1) is 0 Å². The summed E-state index contributed by atoms with van der Waals surface area (Å²) in [5, 5.41) is 7.93. The molecule has 1 aromatic heterocycles.